The van der Waals surface area contributed by atoms with Crippen LogP contribution in [0.25, 0.3) is 0 Å². The number of nitrogens with one attached hydrogen (secondary N) is 2. The molecule has 0 bridgehead atoms. The maximum Gasteiger partial charge on any atom is 0.325 e. The Morgan fingerprint density at radius 3 is 2.56 bits per heavy atom. The van der Waals surface area contributed by atoms with Crippen LogP contribution in [0.5, 0.6) is 0 Å². The Hall–Kier alpha value is -3.22. The summed E-state index contributed by atoms with van der Waals surface area (Å²) in [5, 5.41) is 5.24. The van der Waals surface area contributed by atoms with Crippen molar-refractivity contribution in [1.82, 2.24) is 15.2 Å². The Morgan fingerprint density at radius 1 is 1.20 bits per heavy atom. The van der Waals surface area contributed by atoms with Gasteiger partial charge < -0.3 is 10.6 Å². The number of hydrogen-bond acceptors (Lipinski definition) is 4. The van der Waals surface area contributed by atoms with Crippen LogP contribution in [0.15, 0.2) is 48.7 Å². The molecular weight excluding hydrogens is 320 g/mol. The van der Waals surface area contributed by atoms with Gasteiger partial charge in [-0.2, -0.15) is 0 Å². The molecule has 2 aromatic rings. The number of urea groups is 1. The fourth-order valence-electron chi connectivity index (χ4n) is 2.69. The van der Waals surface area contributed by atoms with E-state index in [9.17, 15) is 14.4 Å². The van der Waals surface area contributed by atoms with Gasteiger partial charge in [0, 0.05) is 6.20 Å². The highest BCUT2D eigenvalue weighted by atomic mass is 16.2. The molecular formula is C18H18N4O3. The second-order valence-electron chi connectivity index (χ2n) is 6.08. The molecule has 3 rings (SSSR count). The van der Waals surface area contributed by atoms with E-state index in [-0.39, 0.29) is 6.54 Å². The standard InChI is InChI=1S/C18H18N4O3/c1-12-6-8-13(9-7-12)18(2)16(24)22(17(25)21-18)11-15(23)20-14-5-3-4-10-19-14/h3-10H,11H2,1-2H3,(H,21,25)(H,19,20,23). The lowest BCUT2D eigenvalue weighted by molar-refractivity contribution is -0.133. The summed E-state index contributed by atoms with van der Waals surface area (Å²) in [7, 11) is 0. The van der Waals surface area contributed by atoms with E-state index in [0.717, 1.165) is 10.5 Å². The van der Waals surface area contributed by atoms with Gasteiger partial charge in [0.1, 0.15) is 17.9 Å². The first-order valence-electron chi connectivity index (χ1n) is 7.82. The van der Waals surface area contributed by atoms with Gasteiger partial charge in [-0.1, -0.05) is 35.9 Å². The van der Waals surface area contributed by atoms with Crippen molar-refractivity contribution in [2.45, 2.75) is 19.4 Å². The predicted molar refractivity (Wildman–Crippen MR) is 91.6 cm³/mol. The van der Waals surface area contributed by atoms with Gasteiger partial charge >= 0.3 is 6.03 Å². The van der Waals surface area contributed by atoms with Crippen LogP contribution < -0.4 is 10.6 Å². The van der Waals surface area contributed by atoms with Crippen LogP contribution >= 0.6 is 0 Å². The number of nitrogens with zero attached hydrogens (tertiary/aromatic N) is 2. The number of rotatable bonds is 4. The van der Waals surface area contributed by atoms with Gasteiger partial charge in [-0.25, -0.2) is 9.78 Å². The molecule has 1 aromatic heterocycles. The summed E-state index contributed by atoms with van der Waals surface area (Å²) in [5.41, 5.74) is 0.538. The van der Waals surface area contributed by atoms with E-state index < -0.39 is 23.4 Å². The number of carbonyl (C=O) groups excluding carboxylic acids is 3. The monoisotopic (exact) mass is 338 g/mol. The first kappa shape index (κ1) is 16.6. The van der Waals surface area contributed by atoms with Gasteiger partial charge in [-0.05, 0) is 31.5 Å². The summed E-state index contributed by atoms with van der Waals surface area (Å²) in [6.45, 7) is 3.20. The molecule has 7 heteroatoms. The minimum Gasteiger partial charge on any atom is -0.319 e. The molecule has 1 saturated heterocycles. The van der Waals surface area contributed by atoms with Gasteiger partial charge in [-0.3, -0.25) is 14.5 Å². The van der Waals surface area contributed by atoms with Gasteiger partial charge in [0.05, 0.1) is 0 Å². The van der Waals surface area contributed by atoms with Crippen LogP contribution in [0.2, 0.25) is 0 Å². The van der Waals surface area contributed by atoms with Gasteiger partial charge in [-0.15, -0.1) is 0 Å². The summed E-state index contributed by atoms with van der Waals surface area (Å²) >= 11 is 0. The highest BCUT2D eigenvalue weighted by Gasteiger charge is 2.49. The first-order chi connectivity index (χ1) is 11.9. The van der Waals surface area contributed by atoms with Crippen molar-refractivity contribution in [3.8, 4) is 0 Å². The molecule has 0 spiro atoms. The lowest BCUT2D eigenvalue weighted by Gasteiger charge is -2.22. The number of pyridine rings is 1. The number of amides is 4. The van der Waals surface area contributed by atoms with Crippen molar-refractivity contribution in [3.05, 3.63) is 59.8 Å². The molecule has 1 aliphatic rings. The summed E-state index contributed by atoms with van der Waals surface area (Å²) in [5.74, 6) is -0.589. The van der Waals surface area contributed by atoms with Gasteiger partial charge in [0.15, 0.2) is 0 Å². The van der Waals surface area contributed by atoms with Crippen LogP contribution in [0, 0.1) is 6.92 Å². The first-order valence-corrected chi connectivity index (χ1v) is 7.82. The minimum atomic E-state index is -1.18. The fraction of sp³-hybridized carbons (Fsp3) is 0.222. The Labute approximate surface area is 145 Å². The number of anilines is 1. The SMILES string of the molecule is Cc1ccc(C2(C)NC(=O)N(CC(=O)Nc3ccccn3)C2=O)cc1. The van der Waals surface area contributed by atoms with E-state index in [1.807, 2.05) is 19.1 Å². The van der Waals surface area contributed by atoms with Crippen molar-refractivity contribution in [2.24, 2.45) is 0 Å². The molecule has 4 amide bonds. The quantitative estimate of drug-likeness (QED) is 0.832. The largest absolute Gasteiger partial charge is 0.325 e. The average molecular weight is 338 g/mol. The minimum absolute atomic E-state index is 0.362. The number of carbonyl (C=O) groups is 3. The second-order valence-corrected chi connectivity index (χ2v) is 6.08. The van der Waals surface area contributed by atoms with Gasteiger partial charge in [0.2, 0.25) is 5.91 Å². The molecule has 25 heavy (non-hydrogen) atoms. The Bertz CT molecular complexity index is 820. The van der Waals surface area contributed by atoms with E-state index in [1.54, 1.807) is 37.3 Å². The lowest BCUT2D eigenvalue weighted by atomic mass is 9.91. The molecule has 0 radical (unpaired) electrons. The van der Waals surface area contributed by atoms with Crippen molar-refractivity contribution in [2.75, 3.05) is 11.9 Å². The van der Waals surface area contributed by atoms with Crippen LogP contribution in [-0.4, -0.2) is 34.3 Å². The molecule has 2 heterocycles. The summed E-state index contributed by atoms with van der Waals surface area (Å²) in [6, 6.07) is 11.8. The summed E-state index contributed by atoms with van der Waals surface area (Å²) < 4.78 is 0. The maximum atomic E-state index is 12.8. The smallest absolute Gasteiger partial charge is 0.319 e. The molecule has 1 atom stereocenters. The summed E-state index contributed by atoms with van der Waals surface area (Å²) in [4.78, 5) is 42.0. The third kappa shape index (κ3) is 3.21. The molecule has 0 saturated carbocycles. The van der Waals surface area contributed by atoms with Gasteiger partial charge in [0.25, 0.3) is 5.91 Å². The average Bonchev–Trinajstić information content (AvgIpc) is 2.80. The van der Waals surface area contributed by atoms with Crippen molar-refractivity contribution >= 4 is 23.7 Å². The fourth-order valence-corrected chi connectivity index (χ4v) is 2.69. The van der Waals surface area contributed by atoms with E-state index in [0.29, 0.717) is 11.4 Å². The number of aryl methyl sites for hydroxylation is 1. The Morgan fingerprint density at radius 2 is 1.92 bits per heavy atom. The normalized spacial score (nSPS) is 19.7. The number of aromatic nitrogens is 1. The molecule has 128 valence electrons. The zero-order valence-corrected chi connectivity index (χ0v) is 13.9. The van der Waals surface area contributed by atoms with E-state index >= 15 is 0 Å². The molecule has 1 aliphatic heterocycles. The van der Waals surface area contributed by atoms with Crippen LogP contribution in [-0.2, 0) is 15.1 Å². The Kier molecular flexibility index (Phi) is 4.22. The molecule has 0 aliphatic carbocycles. The van der Waals surface area contributed by atoms with Crippen molar-refractivity contribution in [1.29, 1.82) is 0 Å². The van der Waals surface area contributed by atoms with Crippen LogP contribution in [0.1, 0.15) is 18.1 Å². The van der Waals surface area contributed by atoms with E-state index in [4.69, 9.17) is 0 Å². The molecule has 1 aromatic carbocycles. The highest BCUT2D eigenvalue weighted by molar-refractivity contribution is 6.10. The summed E-state index contributed by atoms with van der Waals surface area (Å²) in [6.07, 6.45) is 1.54. The van der Waals surface area contributed by atoms with Crippen LogP contribution in [0.4, 0.5) is 10.6 Å². The number of benzene rings is 1. The zero-order valence-electron chi connectivity index (χ0n) is 13.9. The zero-order chi connectivity index (χ0) is 18.0. The highest BCUT2D eigenvalue weighted by Crippen LogP contribution is 2.28. The second kappa shape index (κ2) is 6.35. The van der Waals surface area contributed by atoms with Crippen molar-refractivity contribution in [3.63, 3.8) is 0 Å². The maximum absolute atomic E-state index is 12.8. The third-order valence-electron chi connectivity index (χ3n) is 4.14. The van der Waals surface area contributed by atoms with Crippen molar-refractivity contribution < 1.29 is 14.4 Å². The number of imide groups is 1. The van der Waals surface area contributed by atoms with E-state index in [2.05, 4.69) is 15.6 Å². The van der Waals surface area contributed by atoms with Crippen LogP contribution in [0.3, 0.4) is 0 Å². The Balaban J connectivity index is 1.75. The number of hydrogen-bond donors (Lipinski definition) is 2. The topological polar surface area (TPSA) is 91.4 Å². The predicted octanol–water partition coefficient (Wildman–Crippen LogP) is 1.80. The molecule has 1 fully saturated rings. The third-order valence-corrected chi connectivity index (χ3v) is 4.14. The lowest BCUT2D eigenvalue weighted by Crippen LogP contribution is -2.42. The van der Waals surface area contributed by atoms with E-state index in [1.165, 1.54) is 6.20 Å². The molecule has 1 unspecified atom stereocenters. The molecule has 2 N–H and O–H groups in total. The molecule has 7 nitrogen and oxygen atoms in total.